The molecule has 0 saturated heterocycles. The SMILES string of the molecule is CC(C)c1nn(-c2ccncc2)cc1C=O. The van der Waals surface area contributed by atoms with E-state index in [4.69, 9.17) is 0 Å². The Labute approximate surface area is 93.9 Å². The van der Waals surface area contributed by atoms with E-state index >= 15 is 0 Å². The molecule has 2 heterocycles. The fourth-order valence-electron chi connectivity index (χ4n) is 1.57. The number of carbonyl (C=O) groups is 1. The van der Waals surface area contributed by atoms with Crippen LogP contribution in [0.25, 0.3) is 5.69 Å². The summed E-state index contributed by atoms with van der Waals surface area (Å²) in [5.41, 5.74) is 2.38. The molecule has 0 spiro atoms. The highest BCUT2D eigenvalue weighted by Gasteiger charge is 2.12. The second-order valence-electron chi connectivity index (χ2n) is 3.89. The molecule has 2 rings (SSSR count). The van der Waals surface area contributed by atoms with Crippen molar-refractivity contribution in [2.75, 3.05) is 0 Å². The summed E-state index contributed by atoms with van der Waals surface area (Å²) in [6.07, 6.45) is 6.00. The predicted octanol–water partition coefficient (Wildman–Crippen LogP) is 2.20. The number of hydrogen-bond acceptors (Lipinski definition) is 3. The summed E-state index contributed by atoms with van der Waals surface area (Å²) in [7, 11) is 0. The molecule has 0 aliphatic carbocycles. The highest BCUT2D eigenvalue weighted by atomic mass is 16.1. The van der Waals surface area contributed by atoms with Gasteiger partial charge >= 0.3 is 0 Å². The maximum Gasteiger partial charge on any atom is 0.153 e. The fourth-order valence-corrected chi connectivity index (χ4v) is 1.57. The van der Waals surface area contributed by atoms with Crippen LogP contribution in [-0.2, 0) is 0 Å². The smallest absolute Gasteiger partial charge is 0.153 e. The van der Waals surface area contributed by atoms with Gasteiger partial charge in [0.25, 0.3) is 0 Å². The van der Waals surface area contributed by atoms with Crippen molar-refractivity contribution in [1.82, 2.24) is 14.8 Å². The minimum atomic E-state index is 0.239. The molecule has 2 aromatic heterocycles. The van der Waals surface area contributed by atoms with Crippen LogP contribution < -0.4 is 0 Å². The van der Waals surface area contributed by atoms with Gasteiger partial charge in [-0.15, -0.1) is 0 Å². The number of nitrogens with zero attached hydrogens (tertiary/aromatic N) is 3. The molecule has 0 aromatic carbocycles. The molecule has 0 N–H and O–H groups in total. The minimum Gasteiger partial charge on any atom is -0.298 e. The first kappa shape index (κ1) is 10.5. The van der Waals surface area contributed by atoms with Crippen LogP contribution in [0.2, 0.25) is 0 Å². The molecule has 4 nitrogen and oxygen atoms in total. The number of aldehydes is 1. The molecular formula is C12H13N3O. The lowest BCUT2D eigenvalue weighted by atomic mass is 10.1. The van der Waals surface area contributed by atoms with Crippen LogP contribution in [-0.4, -0.2) is 21.1 Å². The van der Waals surface area contributed by atoms with E-state index in [1.54, 1.807) is 23.3 Å². The largest absolute Gasteiger partial charge is 0.298 e. The first-order valence-electron chi connectivity index (χ1n) is 5.17. The van der Waals surface area contributed by atoms with Crippen molar-refractivity contribution in [3.05, 3.63) is 42.0 Å². The number of hydrogen-bond donors (Lipinski definition) is 0. The number of aromatic nitrogens is 3. The topological polar surface area (TPSA) is 47.8 Å². The Morgan fingerprint density at radius 3 is 2.50 bits per heavy atom. The first-order valence-corrected chi connectivity index (χ1v) is 5.17. The molecule has 0 fully saturated rings. The third-order valence-electron chi connectivity index (χ3n) is 2.37. The minimum absolute atomic E-state index is 0.239. The number of pyridine rings is 1. The van der Waals surface area contributed by atoms with E-state index in [0.717, 1.165) is 17.7 Å². The van der Waals surface area contributed by atoms with Gasteiger partial charge in [-0.05, 0) is 18.1 Å². The van der Waals surface area contributed by atoms with Gasteiger partial charge < -0.3 is 0 Å². The van der Waals surface area contributed by atoms with E-state index in [2.05, 4.69) is 10.1 Å². The number of carbonyl (C=O) groups excluding carboxylic acids is 1. The van der Waals surface area contributed by atoms with Crippen molar-refractivity contribution in [3.8, 4) is 5.69 Å². The highest BCUT2D eigenvalue weighted by Crippen LogP contribution is 2.17. The van der Waals surface area contributed by atoms with Gasteiger partial charge in [0.2, 0.25) is 0 Å². The maximum absolute atomic E-state index is 10.9. The van der Waals surface area contributed by atoms with Crippen LogP contribution in [0.3, 0.4) is 0 Å². The van der Waals surface area contributed by atoms with E-state index in [-0.39, 0.29) is 5.92 Å². The molecule has 2 aromatic rings. The quantitative estimate of drug-likeness (QED) is 0.737. The summed E-state index contributed by atoms with van der Waals surface area (Å²) in [5, 5.41) is 4.41. The molecule has 16 heavy (non-hydrogen) atoms. The van der Waals surface area contributed by atoms with E-state index in [1.165, 1.54) is 0 Å². The van der Waals surface area contributed by atoms with Gasteiger partial charge in [0, 0.05) is 18.6 Å². The van der Waals surface area contributed by atoms with Crippen LogP contribution in [0, 0.1) is 0 Å². The Morgan fingerprint density at radius 2 is 2.00 bits per heavy atom. The lowest BCUT2D eigenvalue weighted by molar-refractivity contribution is 0.112. The first-order chi connectivity index (χ1) is 7.72. The van der Waals surface area contributed by atoms with E-state index in [1.807, 2.05) is 26.0 Å². The van der Waals surface area contributed by atoms with Crippen LogP contribution >= 0.6 is 0 Å². The van der Waals surface area contributed by atoms with E-state index in [0.29, 0.717) is 5.56 Å². The Balaban J connectivity index is 2.48. The van der Waals surface area contributed by atoms with Gasteiger partial charge in [-0.25, -0.2) is 4.68 Å². The summed E-state index contributed by atoms with van der Waals surface area (Å²) in [5.74, 6) is 0.239. The molecule has 0 radical (unpaired) electrons. The van der Waals surface area contributed by atoms with Gasteiger partial charge in [-0.1, -0.05) is 13.8 Å². The maximum atomic E-state index is 10.9. The van der Waals surface area contributed by atoms with Gasteiger partial charge in [0.05, 0.1) is 16.9 Å². The van der Waals surface area contributed by atoms with Gasteiger partial charge in [0.1, 0.15) is 0 Å². The van der Waals surface area contributed by atoms with Gasteiger partial charge in [0.15, 0.2) is 6.29 Å². The van der Waals surface area contributed by atoms with Gasteiger partial charge in [-0.2, -0.15) is 5.10 Å². The number of rotatable bonds is 3. The predicted molar refractivity (Wildman–Crippen MR) is 60.8 cm³/mol. The van der Waals surface area contributed by atoms with Crippen LogP contribution in [0.4, 0.5) is 0 Å². The normalized spacial score (nSPS) is 10.7. The van der Waals surface area contributed by atoms with Crippen molar-refractivity contribution in [2.24, 2.45) is 0 Å². The van der Waals surface area contributed by atoms with Crippen molar-refractivity contribution in [2.45, 2.75) is 19.8 Å². The monoisotopic (exact) mass is 215 g/mol. The molecule has 4 heteroatoms. The molecule has 82 valence electrons. The highest BCUT2D eigenvalue weighted by molar-refractivity contribution is 5.76. The average molecular weight is 215 g/mol. The molecule has 0 bridgehead atoms. The summed E-state index contributed by atoms with van der Waals surface area (Å²) >= 11 is 0. The second kappa shape index (κ2) is 4.26. The Bertz CT molecular complexity index is 488. The van der Waals surface area contributed by atoms with Crippen LogP contribution in [0.15, 0.2) is 30.7 Å². The Hall–Kier alpha value is -1.97. The zero-order valence-corrected chi connectivity index (χ0v) is 9.29. The molecule has 0 aliphatic rings. The van der Waals surface area contributed by atoms with Crippen molar-refractivity contribution < 1.29 is 4.79 Å². The van der Waals surface area contributed by atoms with Gasteiger partial charge in [-0.3, -0.25) is 9.78 Å². The van der Waals surface area contributed by atoms with Crippen molar-refractivity contribution >= 4 is 6.29 Å². The lowest BCUT2D eigenvalue weighted by Crippen LogP contribution is -1.97. The zero-order chi connectivity index (χ0) is 11.5. The summed E-state index contributed by atoms with van der Waals surface area (Å²) in [6, 6.07) is 3.71. The Morgan fingerprint density at radius 1 is 1.31 bits per heavy atom. The van der Waals surface area contributed by atoms with Crippen LogP contribution in [0.1, 0.15) is 35.8 Å². The van der Waals surface area contributed by atoms with E-state index < -0.39 is 0 Å². The molecule has 0 saturated carbocycles. The van der Waals surface area contributed by atoms with Crippen LogP contribution in [0.5, 0.6) is 0 Å². The third kappa shape index (κ3) is 1.86. The molecule has 0 aliphatic heterocycles. The Kier molecular flexibility index (Phi) is 2.81. The summed E-state index contributed by atoms with van der Waals surface area (Å²) in [4.78, 5) is 14.9. The van der Waals surface area contributed by atoms with E-state index in [9.17, 15) is 4.79 Å². The molecule has 0 amide bonds. The third-order valence-corrected chi connectivity index (χ3v) is 2.37. The summed E-state index contributed by atoms with van der Waals surface area (Å²) < 4.78 is 1.71. The lowest BCUT2D eigenvalue weighted by Gasteiger charge is -2.01. The molecular weight excluding hydrogens is 202 g/mol. The summed E-state index contributed by atoms with van der Waals surface area (Å²) in [6.45, 7) is 4.04. The molecule has 0 unspecified atom stereocenters. The average Bonchev–Trinajstić information content (AvgIpc) is 2.74. The molecule has 0 atom stereocenters. The zero-order valence-electron chi connectivity index (χ0n) is 9.29. The second-order valence-corrected chi connectivity index (χ2v) is 3.89. The van der Waals surface area contributed by atoms with Crippen molar-refractivity contribution in [1.29, 1.82) is 0 Å². The van der Waals surface area contributed by atoms with Crippen molar-refractivity contribution in [3.63, 3.8) is 0 Å². The fraction of sp³-hybridized carbons (Fsp3) is 0.250. The standard InChI is InChI=1S/C12H13N3O/c1-9(2)12-10(8-16)7-15(14-12)11-3-5-13-6-4-11/h3-9H,1-2H3.